The highest BCUT2D eigenvalue weighted by molar-refractivity contribution is 4.87. The highest BCUT2D eigenvalue weighted by Crippen LogP contribution is 2.24. The van der Waals surface area contributed by atoms with Gasteiger partial charge in [-0.15, -0.1) is 0 Å². The second kappa shape index (κ2) is 7.56. The highest BCUT2D eigenvalue weighted by Gasteiger charge is 2.35. The van der Waals surface area contributed by atoms with E-state index >= 15 is 0 Å². The first-order chi connectivity index (χ1) is 11.7. The van der Waals surface area contributed by atoms with Crippen molar-refractivity contribution in [2.24, 2.45) is 0 Å². The third kappa shape index (κ3) is 3.64. The summed E-state index contributed by atoms with van der Waals surface area (Å²) >= 11 is 0. The smallest absolute Gasteiger partial charge is 0.0758 e. The Morgan fingerprint density at radius 2 is 1.75 bits per heavy atom. The van der Waals surface area contributed by atoms with Gasteiger partial charge < -0.3 is 4.90 Å². The lowest BCUT2D eigenvalue weighted by atomic mass is 10.2. The first-order valence-corrected chi connectivity index (χ1v) is 10.1. The molecule has 4 rings (SSSR count). The van der Waals surface area contributed by atoms with E-state index in [0.717, 1.165) is 6.04 Å². The van der Waals surface area contributed by atoms with Crippen LogP contribution in [-0.2, 0) is 0 Å². The summed E-state index contributed by atoms with van der Waals surface area (Å²) in [7, 11) is 4.54. The molecule has 0 saturated carbocycles. The van der Waals surface area contributed by atoms with Gasteiger partial charge in [0.25, 0.3) is 0 Å². The van der Waals surface area contributed by atoms with Crippen LogP contribution in [0, 0.1) is 0 Å². The average molecular weight is 337 g/mol. The van der Waals surface area contributed by atoms with Crippen LogP contribution in [0.5, 0.6) is 0 Å². The van der Waals surface area contributed by atoms with Gasteiger partial charge in [-0.05, 0) is 52.9 Å². The van der Waals surface area contributed by atoms with Gasteiger partial charge in [0.2, 0.25) is 0 Å². The van der Waals surface area contributed by atoms with Crippen molar-refractivity contribution in [2.45, 2.75) is 37.9 Å². The molecule has 4 heterocycles. The molecular weight excluding hydrogens is 300 g/mol. The molecule has 0 aromatic heterocycles. The molecule has 0 spiro atoms. The first kappa shape index (κ1) is 17.2. The molecule has 0 aromatic carbocycles. The van der Waals surface area contributed by atoms with Crippen LogP contribution in [-0.4, -0.2) is 121 Å². The summed E-state index contributed by atoms with van der Waals surface area (Å²) in [5, 5.41) is 5.33. The van der Waals surface area contributed by atoms with Gasteiger partial charge in [0.15, 0.2) is 0 Å². The third-order valence-electron chi connectivity index (χ3n) is 6.62. The first-order valence-electron chi connectivity index (χ1n) is 10.1. The molecular formula is C18H36N6. The number of hydrogen-bond acceptors (Lipinski definition) is 6. The SMILES string of the molecule is CN1CCN(C2CCN(CCN3CCCN3C3CCCN3C)C2)C1. The van der Waals surface area contributed by atoms with Gasteiger partial charge in [-0.3, -0.25) is 14.7 Å². The summed E-state index contributed by atoms with van der Waals surface area (Å²) in [6.45, 7) is 12.5. The van der Waals surface area contributed by atoms with Crippen molar-refractivity contribution in [1.82, 2.24) is 29.6 Å². The van der Waals surface area contributed by atoms with E-state index in [1.807, 2.05) is 0 Å². The molecule has 4 aliphatic rings. The molecule has 138 valence electrons. The van der Waals surface area contributed by atoms with Crippen LogP contribution in [0.25, 0.3) is 0 Å². The highest BCUT2D eigenvalue weighted by atomic mass is 15.7. The molecule has 0 radical (unpaired) electrons. The standard InChI is InChI=1S/C18H36N6/c1-19-11-13-22(16-19)17-6-10-21(15-17)12-14-23-8-4-9-24(23)18-5-3-7-20(18)2/h17-18H,3-16H2,1-2H3. The van der Waals surface area contributed by atoms with E-state index in [1.54, 1.807) is 0 Å². The maximum Gasteiger partial charge on any atom is 0.0758 e. The molecule has 2 unspecified atom stereocenters. The second-order valence-electron chi connectivity index (χ2n) is 8.35. The Balaban J connectivity index is 1.23. The molecule has 6 nitrogen and oxygen atoms in total. The fourth-order valence-electron chi connectivity index (χ4n) is 5.15. The summed E-state index contributed by atoms with van der Waals surface area (Å²) in [4.78, 5) is 10.4. The fraction of sp³-hybridized carbons (Fsp3) is 1.00. The summed E-state index contributed by atoms with van der Waals surface area (Å²) in [5.74, 6) is 0. The van der Waals surface area contributed by atoms with Crippen molar-refractivity contribution in [1.29, 1.82) is 0 Å². The van der Waals surface area contributed by atoms with E-state index in [9.17, 15) is 0 Å². The van der Waals surface area contributed by atoms with Crippen LogP contribution < -0.4 is 0 Å². The number of nitrogens with zero attached hydrogens (tertiary/aromatic N) is 6. The molecule has 0 bridgehead atoms. The van der Waals surface area contributed by atoms with Crippen LogP contribution in [0.2, 0.25) is 0 Å². The fourth-order valence-corrected chi connectivity index (χ4v) is 5.15. The Hall–Kier alpha value is -0.240. The Kier molecular flexibility index (Phi) is 5.41. The molecule has 0 N–H and O–H groups in total. The molecule has 0 aliphatic carbocycles. The van der Waals surface area contributed by atoms with Crippen molar-refractivity contribution in [2.75, 3.05) is 79.7 Å². The van der Waals surface area contributed by atoms with E-state index in [2.05, 4.69) is 43.7 Å². The molecule has 0 amide bonds. The lowest BCUT2D eigenvalue weighted by molar-refractivity contribution is -0.0603. The maximum absolute atomic E-state index is 2.71. The van der Waals surface area contributed by atoms with Crippen LogP contribution in [0.3, 0.4) is 0 Å². The summed E-state index contributed by atoms with van der Waals surface area (Å²) in [5.41, 5.74) is 0. The van der Waals surface area contributed by atoms with Crippen molar-refractivity contribution in [3.8, 4) is 0 Å². The number of likely N-dealkylation sites (N-methyl/N-ethyl adjacent to an activating group) is 1. The van der Waals surface area contributed by atoms with Crippen LogP contribution >= 0.6 is 0 Å². The molecule has 24 heavy (non-hydrogen) atoms. The second-order valence-corrected chi connectivity index (χ2v) is 8.35. The minimum absolute atomic E-state index is 0.666. The molecule has 0 aromatic rings. The number of rotatable bonds is 5. The average Bonchev–Trinajstić information content (AvgIpc) is 3.31. The number of likely N-dealkylation sites (tertiary alicyclic amines) is 2. The van der Waals surface area contributed by atoms with Gasteiger partial charge >= 0.3 is 0 Å². The van der Waals surface area contributed by atoms with E-state index in [4.69, 9.17) is 0 Å². The third-order valence-corrected chi connectivity index (χ3v) is 6.62. The molecule has 4 fully saturated rings. The van der Waals surface area contributed by atoms with Gasteiger partial charge in [-0.2, -0.15) is 0 Å². The van der Waals surface area contributed by atoms with Crippen LogP contribution in [0.15, 0.2) is 0 Å². The maximum atomic E-state index is 2.71. The molecule has 4 saturated heterocycles. The normalized spacial score (nSPS) is 35.8. The predicted octanol–water partition coefficient (Wildman–Crippen LogP) is 0.240. The summed E-state index contributed by atoms with van der Waals surface area (Å²) < 4.78 is 0. The quantitative estimate of drug-likeness (QED) is 0.711. The lowest BCUT2D eigenvalue weighted by Gasteiger charge is -2.37. The minimum Gasteiger partial charge on any atom is -0.300 e. The molecule has 6 heteroatoms. The number of hydrazine groups is 1. The Labute approximate surface area is 147 Å². The van der Waals surface area contributed by atoms with Gasteiger partial charge in [0.05, 0.1) is 12.8 Å². The zero-order valence-corrected chi connectivity index (χ0v) is 15.7. The topological polar surface area (TPSA) is 19.4 Å². The zero-order valence-electron chi connectivity index (χ0n) is 15.7. The van der Waals surface area contributed by atoms with E-state index < -0.39 is 0 Å². The van der Waals surface area contributed by atoms with Crippen molar-refractivity contribution >= 4 is 0 Å². The molecule has 2 atom stereocenters. The predicted molar refractivity (Wildman–Crippen MR) is 97.6 cm³/mol. The van der Waals surface area contributed by atoms with Gasteiger partial charge in [-0.25, -0.2) is 10.0 Å². The Bertz CT molecular complexity index is 418. The van der Waals surface area contributed by atoms with Crippen LogP contribution in [0.4, 0.5) is 0 Å². The van der Waals surface area contributed by atoms with Gasteiger partial charge in [-0.1, -0.05) is 0 Å². The number of hydrogen-bond donors (Lipinski definition) is 0. The summed E-state index contributed by atoms with van der Waals surface area (Å²) in [6.07, 6.45) is 6.08. The Morgan fingerprint density at radius 1 is 0.833 bits per heavy atom. The Morgan fingerprint density at radius 3 is 2.50 bits per heavy atom. The van der Waals surface area contributed by atoms with Crippen LogP contribution in [0.1, 0.15) is 25.7 Å². The molecule has 4 aliphatic heterocycles. The van der Waals surface area contributed by atoms with Gasteiger partial charge in [0.1, 0.15) is 0 Å². The van der Waals surface area contributed by atoms with Crippen molar-refractivity contribution in [3.05, 3.63) is 0 Å². The van der Waals surface area contributed by atoms with E-state index in [-0.39, 0.29) is 0 Å². The largest absolute Gasteiger partial charge is 0.300 e. The minimum atomic E-state index is 0.666. The van der Waals surface area contributed by atoms with Crippen molar-refractivity contribution in [3.63, 3.8) is 0 Å². The summed E-state index contributed by atoms with van der Waals surface area (Å²) in [6, 6.07) is 0.797. The van der Waals surface area contributed by atoms with Gasteiger partial charge in [0, 0.05) is 51.9 Å². The van der Waals surface area contributed by atoms with E-state index in [0.29, 0.717) is 6.17 Å². The van der Waals surface area contributed by atoms with Crippen molar-refractivity contribution < 1.29 is 0 Å². The lowest BCUT2D eigenvalue weighted by Crippen LogP contribution is -2.50. The van der Waals surface area contributed by atoms with E-state index in [1.165, 1.54) is 91.3 Å². The monoisotopic (exact) mass is 336 g/mol. The zero-order chi connectivity index (χ0) is 16.5.